The van der Waals surface area contributed by atoms with Crippen molar-refractivity contribution in [3.05, 3.63) is 81.9 Å². The zero-order valence-electron chi connectivity index (χ0n) is 18.6. The van der Waals surface area contributed by atoms with Crippen molar-refractivity contribution in [3.8, 4) is 11.3 Å². The van der Waals surface area contributed by atoms with Crippen LogP contribution in [0.2, 0.25) is 0 Å². The van der Waals surface area contributed by atoms with Crippen LogP contribution in [0.3, 0.4) is 0 Å². The van der Waals surface area contributed by atoms with E-state index in [4.69, 9.17) is 4.98 Å². The number of rotatable bonds is 7. The first-order valence-electron chi connectivity index (χ1n) is 10.5. The van der Waals surface area contributed by atoms with E-state index in [1.54, 1.807) is 24.4 Å². The zero-order chi connectivity index (χ0) is 22.4. The number of aromatic nitrogens is 2. The number of nitrogens with one attached hydrogen (secondary N) is 3. The molecule has 0 bridgehead atoms. The van der Waals surface area contributed by atoms with E-state index < -0.39 is 0 Å². The van der Waals surface area contributed by atoms with E-state index in [9.17, 15) is 9.59 Å². The van der Waals surface area contributed by atoms with Crippen LogP contribution in [-0.4, -0.2) is 29.5 Å². The maximum atomic E-state index is 12.7. The van der Waals surface area contributed by atoms with E-state index in [-0.39, 0.29) is 22.6 Å². The summed E-state index contributed by atoms with van der Waals surface area (Å²) in [7, 11) is 1.93. The molecule has 31 heavy (non-hydrogen) atoms. The number of aromatic amines is 1. The molecular formula is C25H30N4O2. The van der Waals surface area contributed by atoms with Crippen molar-refractivity contribution in [2.45, 2.75) is 39.0 Å². The molecule has 1 amide bonds. The molecule has 3 N–H and O–H groups in total. The summed E-state index contributed by atoms with van der Waals surface area (Å²) < 4.78 is 0. The van der Waals surface area contributed by atoms with E-state index in [0.29, 0.717) is 5.56 Å². The van der Waals surface area contributed by atoms with Gasteiger partial charge in [0.1, 0.15) is 5.69 Å². The van der Waals surface area contributed by atoms with Crippen LogP contribution in [-0.2, 0) is 11.8 Å². The van der Waals surface area contributed by atoms with Gasteiger partial charge in [-0.15, -0.1) is 0 Å². The Hall–Kier alpha value is -3.25. The van der Waals surface area contributed by atoms with Crippen LogP contribution in [0.1, 0.15) is 48.8 Å². The highest BCUT2D eigenvalue weighted by atomic mass is 16.2. The molecule has 0 saturated heterocycles. The number of H-pyrrole nitrogens is 1. The van der Waals surface area contributed by atoms with Crippen molar-refractivity contribution in [2.24, 2.45) is 0 Å². The molecule has 6 heteroatoms. The van der Waals surface area contributed by atoms with Gasteiger partial charge < -0.3 is 15.6 Å². The van der Waals surface area contributed by atoms with Crippen LogP contribution < -0.4 is 16.2 Å². The van der Waals surface area contributed by atoms with Gasteiger partial charge in [0.15, 0.2) is 0 Å². The first kappa shape index (κ1) is 22.4. The van der Waals surface area contributed by atoms with Gasteiger partial charge in [0.05, 0.1) is 5.69 Å². The standard InChI is InChI=1S/C25H30N4O2/c1-25(2,3)19-12-10-17(11-13-19)23(30)29-22-15-18(16-27-24(22)31)21-9-5-7-20(28-21)8-6-14-26-4/h5,7,9-13,15-16,26H,6,8,14H2,1-4H3,(H,27,31)(H,29,30). The van der Waals surface area contributed by atoms with Crippen LogP contribution in [0.5, 0.6) is 0 Å². The number of carbonyl (C=O) groups excluding carboxylic acids is 1. The number of aryl methyl sites for hydroxylation is 1. The normalized spacial score (nSPS) is 11.4. The fourth-order valence-corrected chi connectivity index (χ4v) is 3.27. The lowest BCUT2D eigenvalue weighted by atomic mass is 9.87. The summed E-state index contributed by atoms with van der Waals surface area (Å²) in [6.45, 7) is 7.29. The van der Waals surface area contributed by atoms with E-state index in [1.165, 1.54) is 0 Å². The second-order valence-corrected chi connectivity index (χ2v) is 8.63. The summed E-state index contributed by atoms with van der Waals surface area (Å²) in [6, 6.07) is 15.0. The molecular weight excluding hydrogens is 388 g/mol. The first-order chi connectivity index (χ1) is 14.8. The molecule has 0 radical (unpaired) electrons. The molecule has 0 aliphatic heterocycles. The summed E-state index contributed by atoms with van der Waals surface area (Å²) in [5.74, 6) is -0.322. The average Bonchev–Trinajstić information content (AvgIpc) is 2.75. The topological polar surface area (TPSA) is 86.9 Å². The Morgan fingerprint density at radius 3 is 2.52 bits per heavy atom. The molecule has 0 aliphatic rings. The Morgan fingerprint density at radius 1 is 1.10 bits per heavy atom. The second kappa shape index (κ2) is 9.71. The van der Waals surface area contributed by atoms with Crippen molar-refractivity contribution in [1.82, 2.24) is 15.3 Å². The molecule has 0 spiro atoms. The molecule has 3 rings (SSSR count). The van der Waals surface area contributed by atoms with Crippen LogP contribution in [0.4, 0.5) is 5.69 Å². The van der Waals surface area contributed by atoms with Gasteiger partial charge in [-0.3, -0.25) is 14.6 Å². The van der Waals surface area contributed by atoms with Crippen LogP contribution in [0.25, 0.3) is 11.3 Å². The smallest absolute Gasteiger partial charge is 0.271 e. The van der Waals surface area contributed by atoms with E-state index in [0.717, 1.165) is 41.9 Å². The average molecular weight is 419 g/mol. The Bertz CT molecular complexity index is 1100. The SMILES string of the molecule is CNCCCc1cccc(-c2c[nH]c(=O)c(NC(=O)c3ccc(C(C)(C)C)cc3)c2)n1. The summed E-state index contributed by atoms with van der Waals surface area (Å²) in [4.78, 5) is 32.4. The monoisotopic (exact) mass is 418 g/mol. The predicted octanol–water partition coefficient (Wildman–Crippen LogP) is 4.14. The predicted molar refractivity (Wildman–Crippen MR) is 126 cm³/mol. The third-order valence-corrected chi connectivity index (χ3v) is 5.13. The number of hydrogen-bond donors (Lipinski definition) is 3. The number of amides is 1. The maximum absolute atomic E-state index is 12.7. The molecule has 3 aromatic rings. The second-order valence-electron chi connectivity index (χ2n) is 8.63. The third kappa shape index (κ3) is 5.89. The van der Waals surface area contributed by atoms with Gasteiger partial charge in [-0.05, 0) is 67.7 Å². The number of carbonyl (C=O) groups is 1. The number of benzene rings is 1. The van der Waals surface area contributed by atoms with Gasteiger partial charge in [-0.25, -0.2) is 0 Å². The highest BCUT2D eigenvalue weighted by Gasteiger charge is 2.15. The fraction of sp³-hybridized carbons (Fsp3) is 0.320. The lowest BCUT2D eigenvalue weighted by molar-refractivity contribution is 0.102. The molecule has 2 heterocycles. The minimum absolute atomic E-state index is 0.00900. The molecule has 0 fully saturated rings. The van der Waals surface area contributed by atoms with Crippen LogP contribution in [0, 0.1) is 0 Å². The first-order valence-corrected chi connectivity index (χ1v) is 10.5. The highest BCUT2D eigenvalue weighted by molar-refractivity contribution is 6.04. The van der Waals surface area contributed by atoms with E-state index >= 15 is 0 Å². The lowest BCUT2D eigenvalue weighted by Gasteiger charge is -2.19. The minimum atomic E-state index is -0.353. The Kier molecular flexibility index (Phi) is 7.02. The number of nitrogens with zero attached hydrogens (tertiary/aromatic N) is 1. The van der Waals surface area contributed by atoms with Gasteiger partial charge in [-0.2, -0.15) is 0 Å². The number of anilines is 1. The highest BCUT2D eigenvalue weighted by Crippen LogP contribution is 2.23. The third-order valence-electron chi connectivity index (χ3n) is 5.13. The zero-order valence-corrected chi connectivity index (χ0v) is 18.6. The largest absolute Gasteiger partial charge is 0.327 e. The van der Waals surface area contributed by atoms with Gasteiger partial charge in [0.25, 0.3) is 11.5 Å². The molecule has 0 atom stereocenters. The van der Waals surface area contributed by atoms with Crippen molar-refractivity contribution in [1.29, 1.82) is 0 Å². The van der Waals surface area contributed by atoms with Gasteiger partial charge in [-0.1, -0.05) is 39.0 Å². The fourth-order valence-electron chi connectivity index (χ4n) is 3.27. The molecule has 2 aromatic heterocycles. The van der Waals surface area contributed by atoms with Crippen molar-refractivity contribution in [3.63, 3.8) is 0 Å². The van der Waals surface area contributed by atoms with E-state index in [1.807, 2.05) is 37.4 Å². The van der Waals surface area contributed by atoms with Crippen LogP contribution in [0.15, 0.2) is 59.5 Å². The number of pyridine rings is 2. The van der Waals surface area contributed by atoms with E-state index in [2.05, 4.69) is 36.4 Å². The summed E-state index contributed by atoms with van der Waals surface area (Å²) >= 11 is 0. The molecule has 0 aliphatic carbocycles. The lowest BCUT2D eigenvalue weighted by Crippen LogP contribution is -2.20. The number of hydrogen-bond acceptors (Lipinski definition) is 4. The molecule has 0 saturated carbocycles. The Labute approximate surface area is 183 Å². The van der Waals surface area contributed by atoms with Crippen molar-refractivity contribution in [2.75, 3.05) is 18.9 Å². The summed E-state index contributed by atoms with van der Waals surface area (Å²) in [5.41, 5.74) is 3.99. The van der Waals surface area contributed by atoms with Crippen molar-refractivity contribution >= 4 is 11.6 Å². The summed E-state index contributed by atoms with van der Waals surface area (Å²) in [5, 5.41) is 5.86. The summed E-state index contributed by atoms with van der Waals surface area (Å²) in [6.07, 6.45) is 3.48. The van der Waals surface area contributed by atoms with Crippen molar-refractivity contribution < 1.29 is 4.79 Å². The Balaban J connectivity index is 1.79. The van der Waals surface area contributed by atoms with Crippen LogP contribution >= 0.6 is 0 Å². The van der Waals surface area contributed by atoms with Gasteiger partial charge >= 0.3 is 0 Å². The quantitative estimate of drug-likeness (QED) is 0.503. The maximum Gasteiger partial charge on any atom is 0.271 e. The molecule has 6 nitrogen and oxygen atoms in total. The molecule has 0 unspecified atom stereocenters. The minimum Gasteiger partial charge on any atom is -0.327 e. The molecule has 162 valence electrons. The van der Waals surface area contributed by atoms with Gasteiger partial charge in [0, 0.05) is 23.0 Å². The van der Waals surface area contributed by atoms with Gasteiger partial charge in [0.2, 0.25) is 0 Å². The molecule has 1 aromatic carbocycles. The Morgan fingerprint density at radius 2 is 1.84 bits per heavy atom.